The fraction of sp³-hybridized carbons (Fsp3) is 0.467. The summed E-state index contributed by atoms with van der Waals surface area (Å²) in [5, 5.41) is 10.7. The van der Waals surface area contributed by atoms with Crippen molar-refractivity contribution in [3.8, 4) is 0 Å². The zero-order chi connectivity index (χ0) is 16.5. The van der Waals surface area contributed by atoms with Gasteiger partial charge in [-0.15, -0.1) is 5.10 Å². The van der Waals surface area contributed by atoms with E-state index in [1.807, 2.05) is 20.8 Å². The summed E-state index contributed by atoms with van der Waals surface area (Å²) in [6, 6.07) is 5.11. The number of amides is 2. The second-order valence-electron chi connectivity index (χ2n) is 5.71. The SMILES string of the molecule is CCC(NC(=O)c1ccc2c(c1)nnn2C)(C(N)=O)C(C)C. The third-order valence-corrected chi connectivity index (χ3v) is 4.19. The van der Waals surface area contributed by atoms with Gasteiger partial charge in [0.15, 0.2) is 0 Å². The van der Waals surface area contributed by atoms with E-state index in [1.54, 1.807) is 29.9 Å². The van der Waals surface area contributed by atoms with E-state index >= 15 is 0 Å². The minimum atomic E-state index is -1.06. The molecule has 0 aliphatic rings. The standard InChI is InChI=1S/C15H21N5O2/c1-5-15(9(2)3,14(16)22)17-13(21)10-6-7-12-11(8-10)18-19-20(12)4/h6-9H,5H2,1-4H3,(H2,16,22)(H,17,21). The van der Waals surface area contributed by atoms with E-state index in [1.165, 1.54) is 0 Å². The van der Waals surface area contributed by atoms with Crippen LogP contribution in [-0.4, -0.2) is 32.3 Å². The highest BCUT2D eigenvalue weighted by atomic mass is 16.2. The molecule has 22 heavy (non-hydrogen) atoms. The van der Waals surface area contributed by atoms with Crippen LogP contribution in [0.2, 0.25) is 0 Å². The highest BCUT2D eigenvalue weighted by Crippen LogP contribution is 2.22. The molecule has 0 saturated heterocycles. The number of nitrogens with zero attached hydrogens (tertiary/aromatic N) is 3. The van der Waals surface area contributed by atoms with Gasteiger partial charge in [0.1, 0.15) is 11.1 Å². The van der Waals surface area contributed by atoms with Crippen LogP contribution in [0.5, 0.6) is 0 Å². The molecule has 1 heterocycles. The van der Waals surface area contributed by atoms with Crippen LogP contribution in [0, 0.1) is 5.92 Å². The van der Waals surface area contributed by atoms with Crippen LogP contribution in [0.25, 0.3) is 11.0 Å². The topological polar surface area (TPSA) is 103 Å². The van der Waals surface area contributed by atoms with Gasteiger partial charge in [0.2, 0.25) is 5.91 Å². The molecule has 1 aromatic heterocycles. The van der Waals surface area contributed by atoms with E-state index < -0.39 is 11.4 Å². The number of aryl methyl sites for hydroxylation is 1. The van der Waals surface area contributed by atoms with E-state index in [9.17, 15) is 9.59 Å². The second kappa shape index (κ2) is 5.75. The van der Waals surface area contributed by atoms with Crippen molar-refractivity contribution in [1.29, 1.82) is 0 Å². The summed E-state index contributed by atoms with van der Waals surface area (Å²) >= 11 is 0. The van der Waals surface area contributed by atoms with Gasteiger partial charge in [-0.3, -0.25) is 9.59 Å². The van der Waals surface area contributed by atoms with Crippen molar-refractivity contribution in [2.45, 2.75) is 32.7 Å². The summed E-state index contributed by atoms with van der Waals surface area (Å²) in [6.07, 6.45) is 0.430. The Hall–Kier alpha value is -2.44. The van der Waals surface area contributed by atoms with Crippen LogP contribution in [0.15, 0.2) is 18.2 Å². The zero-order valence-electron chi connectivity index (χ0n) is 13.3. The third kappa shape index (κ3) is 2.54. The molecule has 1 aromatic carbocycles. The number of aromatic nitrogens is 3. The van der Waals surface area contributed by atoms with Crippen molar-refractivity contribution in [2.75, 3.05) is 0 Å². The molecule has 0 bridgehead atoms. The van der Waals surface area contributed by atoms with E-state index in [-0.39, 0.29) is 11.8 Å². The van der Waals surface area contributed by atoms with E-state index in [2.05, 4.69) is 15.6 Å². The lowest BCUT2D eigenvalue weighted by Crippen LogP contribution is -2.60. The number of carbonyl (C=O) groups excluding carboxylic acids is 2. The molecule has 0 fully saturated rings. The lowest BCUT2D eigenvalue weighted by atomic mass is 9.82. The summed E-state index contributed by atoms with van der Waals surface area (Å²) in [4.78, 5) is 24.4. The third-order valence-electron chi connectivity index (χ3n) is 4.19. The number of hydrogen-bond acceptors (Lipinski definition) is 4. The van der Waals surface area contributed by atoms with Crippen LogP contribution in [0.1, 0.15) is 37.6 Å². The Morgan fingerprint density at radius 2 is 2.09 bits per heavy atom. The molecule has 0 aliphatic carbocycles. The van der Waals surface area contributed by atoms with Crippen molar-refractivity contribution in [2.24, 2.45) is 18.7 Å². The minimum absolute atomic E-state index is 0.112. The quantitative estimate of drug-likeness (QED) is 0.859. The van der Waals surface area contributed by atoms with Gasteiger partial charge in [-0.2, -0.15) is 0 Å². The second-order valence-corrected chi connectivity index (χ2v) is 5.71. The Morgan fingerprint density at radius 1 is 1.41 bits per heavy atom. The first-order valence-electron chi connectivity index (χ1n) is 7.23. The number of rotatable bonds is 5. The van der Waals surface area contributed by atoms with Gasteiger partial charge >= 0.3 is 0 Å². The Kier molecular flexibility index (Phi) is 4.16. The summed E-state index contributed by atoms with van der Waals surface area (Å²) in [6.45, 7) is 5.55. The lowest BCUT2D eigenvalue weighted by Gasteiger charge is -2.34. The normalized spacial score (nSPS) is 14.0. The average Bonchev–Trinajstić information content (AvgIpc) is 2.84. The zero-order valence-corrected chi connectivity index (χ0v) is 13.3. The van der Waals surface area contributed by atoms with E-state index in [4.69, 9.17) is 5.73 Å². The molecule has 7 nitrogen and oxygen atoms in total. The van der Waals surface area contributed by atoms with Gasteiger partial charge in [-0.1, -0.05) is 26.0 Å². The molecule has 118 valence electrons. The Bertz CT molecular complexity index is 722. The maximum atomic E-state index is 12.5. The Morgan fingerprint density at radius 3 is 2.64 bits per heavy atom. The van der Waals surface area contributed by atoms with Crippen molar-refractivity contribution in [3.05, 3.63) is 23.8 Å². The summed E-state index contributed by atoms with van der Waals surface area (Å²) in [5.41, 5.74) is 6.34. The molecule has 3 N–H and O–H groups in total. The molecule has 0 saturated carbocycles. The molecule has 1 unspecified atom stereocenters. The van der Waals surface area contributed by atoms with Crippen molar-refractivity contribution in [3.63, 3.8) is 0 Å². The smallest absolute Gasteiger partial charge is 0.252 e. The van der Waals surface area contributed by atoms with Crippen LogP contribution in [0.4, 0.5) is 0 Å². The number of primary amides is 1. The maximum absolute atomic E-state index is 12.5. The van der Waals surface area contributed by atoms with Gasteiger partial charge < -0.3 is 11.1 Å². The first-order valence-corrected chi connectivity index (χ1v) is 7.23. The summed E-state index contributed by atoms with van der Waals surface area (Å²) < 4.78 is 1.63. The summed E-state index contributed by atoms with van der Waals surface area (Å²) in [7, 11) is 1.78. The van der Waals surface area contributed by atoms with Crippen LogP contribution >= 0.6 is 0 Å². The lowest BCUT2D eigenvalue weighted by molar-refractivity contribution is -0.126. The fourth-order valence-corrected chi connectivity index (χ4v) is 2.62. The average molecular weight is 303 g/mol. The number of carbonyl (C=O) groups is 2. The van der Waals surface area contributed by atoms with Crippen molar-refractivity contribution in [1.82, 2.24) is 20.3 Å². The predicted molar refractivity (Wildman–Crippen MR) is 83.0 cm³/mol. The molecule has 1 atom stereocenters. The van der Waals surface area contributed by atoms with Gasteiger partial charge in [0.05, 0.1) is 5.52 Å². The number of nitrogens with two attached hydrogens (primary N) is 1. The van der Waals surface area contributed by atoms with E-state index in [0.29, 0.717) is 17.5 Å². The van der Waals surface area contributed by atoms with Gasteiger partial charge in [0, 0.05) is 12.6 Å². The monoisotopic (exact) mass is 303 g/mol. The van der Waals surface area contributed by atoms with Crippen molar-refractivity contribution < 1.29 is 9.59 Å². The Labute approximate surface area is 128 Å². The highest BCUT2D eigenvalue weighted by molar-refractivity contribution is 6.00. The first-order chi connectivity index (χ1) is 10.3. The largest absolute Gasteiger partial charge is 0.368 e. The molecular formula is C15H21N5O2. The minimum Gasteiger partial charge on any atom is -0.368 e. The maximum Gasteiger partial charge on any atom is 0.252 e. The number of nitrogens with one attached hydrogen (secondary N) is 1. The highest BCUT2D eigenvalue weighted by Gasteiger charge is 2.39. The molecule has 0 aliphatic heterocycles. The first kappa shape index (κ1) is 15.9. The molecular weight excluding hydrogens is 282 g/mol. The van der Waals surface area contributed by atoms with Gasteiger partial charge in [0.25, 0.3) is 5.91 Å². The predicted octanol–water partition coefficient (Wildman–Crippen LogP) is 0.988. The van der Waals surface area contributed by atoms with Crippen LogP contribution in [-0.2, 0) is 11.8 Å². The van der Waals surface area contributed by atoms with E-state index in [0.717, 1.165) is 5.52 Å². The fourth-order valence-electron chi connectivity index (χ4n) is 2.62. The van der Waals surface area contributed by atoms with Gasteiger partial charge in [-0.25, -0.2) is 4.68 Å². The number of hydrogen-bond donors (Lipinski definition) is 2. The molecule has 2 rings (SSSR count). The van der Waals surface area contributed by atoms with Gasteiger partial charge in [-0.05, 0) is 30.5 Å². The van der Waals surface area contributed by atoms with Crippen molar-refractivity contribution >= 4 is 22.8 Å². The van der Waals surface area contributed by atoms with Crippen LogP contribution < -0.4 is 11.1 Å². The molecule has 0 radical (unpaired) electrons. The molecule has 0 spiro atoms. The molecule has 2 amide bonds. The molecule has 2 aromatic rings. The molecule has 7 heteroatoms. The summed E-state index contributed by atoms with van der Waals surface area (Å²) in [5.74, 6) is -0.986. The number of benzene rings is 1. The number of fused-ring (bicyclic) bond motifs is 1. The van der Waals surface area contributed by atoms with Crippen LogP contribution in [0.3, 0.4) is 0 Å². The Balaban J connectivity index is 2.34.